The van der Waals surface area contributed by atoms with E-state index in [1.807, 2.05) is 21.1 Å². The van der Waals surface area contributed by atoms with Crippen molar-refractivity contribution in [2.45, 2.75) is 334 Å². The molecule has 0 aliphatic rings. The Morgan fingerprint density at radius 2 is 0.671 bits per heavy atom. The molecule has 0 aromatic carbocycles. The number of quaternary nitrogens is 1. The molecule has 2 atom stereocenters. The van der Waals surface area contributed by atoms with Crippen LogP contribution in [0.25, 0.3) is 0 Å². The van der Waals surface area contributed by atoms with Crippen LogP contribution in [0.5, 0.6) is 0 Å². The second-order valence-corrected chi connectivity index (χ2v) is 25.2. The van der Waals surface area contributed by atoms with Crippen molar-refractivity contribution in [3.63, 3.8) is 0 Å². The fourth-order valence-corrected chi connectivity index (χ4v) is 10.2. The Kier molecular flexibility index (Phi) is 63.7. The monoisotopic (exact) mass is 1190 g/mol. The van der Waals surface area contributed by atoms with Gasteiger partial charge in [-0.1, -0.05) is 324 Å². The molecule has 0 aliphatic heterocycles. The van der Waals surface area contributed by atoms with Gasteiger partial charge < -0.3 is 28.5 Å². The number of nitrogens with zero attached hydrogens (tertiary/aromatic N) is 1. The number of ether oxygens (including phenoxy) is 4. The highest BCUT2D eigenvalue weighted by Gasteiger charge is 2.25. The zero-order chi connectivity index (χ0) is 61.9. The topological polar surface area (TPSA) is 108 Å². The van der Waals surface area contributed by atoms with E-state index < -0.39 is 24.3 Å². The minimum absolute atomic E-state index is 0.180. The summed E-state index contributed by atoms with van der Waals surface area (Å²) in [7, 11) is 5.98. The Balaban J connectivity index is 4.07. The molecule has 2 unspecified atom stereocenters. The van der Waals surface area contributed by atoms with Crippen LogP contribution in [-0.4, -0.2) is 87.4 Å². The van der Waals surface area contributed by atoms with Gasteiger partial charge in [0, 0.05) is 12.8 Å². The first-order chi connectivity index (χ1) is 41.6. The molecule has 0 amide bonds. The van der Waals surface area contributed by atoms with Gasteiger partial charge in [-0.25, -0.2) is 4.79 Å². The van der Waals surface area contributed by atoms with Gasteiger partial charge in [0.25, 0.3) is 6.29 Å². The Morgan fingerprint density at radius 3 is 1.00 bits per heavy atom. The molecule has 9 nitrogen and oxygen atoms in total. The number of carboxylic acid groups (broad SMARTS) is 1. The molecule has 0 aliphatic carbocycles. The summed E-state index contributed by atoms with van der Waals surface area (Å²) in [6.45, 7) is 4.81. The van der Waals surface area contributed by atoms with Crippen LogP contribution >= 0.6 is 0 Å². The third-order valence-corrected chi connectivity index (χ3v) is 15.7. The van der Waals surface area contributed by atoms with Crippen LogP contribution in [0.3, 0.4) is 0 Å². The number of hydrogen-bond acceptors (Lipinski definition) is 7. The highest BCUT2D eigenvalue weighted by molar-refractivity contribution is 5.71. The molecular weight excluding hydrogens is 1050 g/mol. The fraction of sp³-hybridized carbons (Fsp3) is 0.776. The molecule has 0 heterocycles. The summed E-state index contributed by atoms with van der Waals surface area (Å²) in [5.41, 5.74) is 0. The Labute approximate surface area is 525 Å². The van der Waals surface area contributed by atoms with Gasteiger partial charge in [0.1, 0.15) is 13.2 Å². The van der Waals surface area contributed by atoms with Gasteiger partial charge in [-0.05, 0) is 70.6 Å². The molecule has 9 heteroatoms. The molecule has 0 spiro atoms. The van der Waals surface area contributed by atoms with Crippen molar-refractivity contribution in [1.82, 2.24) is 0 Å². The second-order valence-electron chi connectivity index (χ2n) is 25.2. The average molecular weight is 1190 g/mol. The summed E-state index contributed by atoms with van der Waals surface area (Å²) in [4.78, 5) is 37.6. The third-order valence-electron chi connectivity index (χ3n) is 15.7. The van der Waals surface area contributed by atoms with Crippen molar-refractivity contribution >= 4 is 17.9 Å². The number of carbonyl (C=O) groups excluding carboxylic acids is 2. The highest BCUT2D eigenvalue weighted by Crippen LogP contribution is 2.18. The maximum absolute atomic E-state index is 13.0. The molecule has 0 bridgehead atoms. The number of aliphatic carboxylic acids is 1. The first kappa shape index (κ1) is 81.5. The minimum atomic E-state index is -1.51. The van der Waals surface area contributed by atoms with E-state index in [-0.39, 0.29) is 32.2 Å². The summed E-state index contributed by atoms with van der Waals surface area (Å²) >= 11 is 0. The van der Waals surface area contributed by atoms with Crippen LogP contribution in [0.2, 0.25) is 0 Å². The molecule has 492 valence electrons. The van der Waals surface area contributed by atoms with Crippen LogP contribution in [0.1, 0.15) is 322 Å². The molecule has 1 N–H and O–H groups in total. The molecule has 0 aromatic rings. The number of unbranched alkanes of at least 4 members (excludes halogenated alkanes) is 37. The van der Waals surface area contributed by atoms with E-state index in [1.165, 1.54) is 212 Å². The number of carboxylic acids is 1. The molecule has 0 saturated heterocycles. The summed E-state index contributed by atoms with van der Waals surface area (Å²) in [6.07, 6.45) is 87.0. The normalized spacial score (nSPS) is 13.2. The van der Waals surface area contributed by atoms with Gasteiger partial charge in [-0.15, -0.1) is 0 Å². The van der Waals surface area contributed by atoms with E-state index in [4.69, 9.17) is 18.9 Å². The van der Waals surface area contributed by atoms with Crippen LogP contribution in [-0.2, 0) is 33.3 Å². The molecule has 0 rings (SSSR count). The summed E-state index contributed by atoms with van der Waals surface area (Å²) in [6, 6.07) is 0. The molecule has 0 radical (unpaired) electrons. The smallest absolute Gasteiger partial charge is 0.361 e. The van der Waals surface area contributed by atoms with Crippen molar-refractivity contribution in [1.29, 1.82) is 0 Å². The molecule has 85 heavy (non-hydrogen) atoms. The summed E-state index contributed by atoms with van der Waals surface area (Å²) < 4.78 is 23.0. The lowest BCUT2D eigenvalue weighted by Crippen LogP contribution is -2.40. The predicted molar refractivity (Wildman–Crippen MR) is 364 cm³/mol. The van der Waals surface area contributed by atoms with Gasteiger partial charge >= 0.3 is 17.9 Å². The van der Waals surface area contributed by atoms with Crippen LogP contribution < -0.4 is 0 Å². The number of esters is 2. The predicted octanol–water partition coefficient (Wildman–Crippen LogP) is 22.2. The molecule has 0 saturated carbocycles. The van der Waals surface area contributed by atoms with Crippen LogP contribution in [0, 0.1) is 0 Å². The third kappa shape index (κ3) is 67.8. The fourth-order valence-electron chi connectivity index (χ4n) is 10.2. The number of hydrogen-bond donors (Lipinski definition) is 1. The van der Waals surface area contributed by atoms with Crippen LogP contribution in [0.4, 0.5) is 0 Å². The second kappa shape index (κ2) is 66.4. The molecule has 0 aromatic heterocycles. The van der Waals surface area contributed by atoms with Gasteiger partial charge in [0.2, 0.25) is 0 Å². The quantitative estimate of drug-likeness (QED) is 0.0211. The number of rotatable bonds is 66. The zero-order valence-corrected chi connectivity index (χ0v) is 56.3. The Morgan fingerprint density at radius 1 is 0.365 bits per heavy atom. The number of carbonyl (C=O) groups is 3. The maximum Gasteiger partial charge on any atom is 0.361 e. The lowest BCUT2D eigenvalue weighted by Gasteiger charge is -2.25. The Hall–Kier alpha value is -3.53. The first-order valence-corrected chi connectivity index (χ1v) is 35.8. The van der Waals surface area contributed by atoms with Gasteiger partial charge in [0.05, 0.1) is 34.4 Å². The van der Waals surface area contributed by atoms with Crippen molar-refractivity contribution in [3.05, 3.63) is 85.1 Å². The van der Waals surface area contributed by atoms with E-state index >= 15 is 0 Å². The summed E-state index contributed by atoms with van der Waals surface area (Å²) in [5, 5.41) is 9.75. The van der Waals surface area contributed by atoms with Gasteiger partial charge in [-0.3, -0.25) is 9.59 Å². The lowest BCUT2D eigenvalue weighted by molar-refractivity contribution is -0.870. The summed E-state index contributed by atoms with van der Waals surface area (Å²) in [5.74, 6) is -1.99. The van der Waals surface area contributed by atoms with E-state index in [0.29, 0.717) is 17.4 Å². The number of allylic oxidation sites excluding steroid dienone is 14. The maximum atomic E-state index is 13.0. The van der Waals surface area contributed by atoms with Crippen molar-refractivity contribution < 1.29 is 42.9 Å². The number of likely N-dealkylation sites (N-methyl/N-ethyl adjacent to an activating group) is 1. The first-order valence-electron chi connectivity index (χ1n) is 35.8. The average Bonchev–Trinajstić information content (AvgIpc) is 3.48. The van der Waals surface area contributed by atoms with E-state index in [9.17, 15) is 19.5 Å². The van der Waals surface area contributed by atoms with Gasteiger partial charge in [-0.2, -0.15) is 0 Å². The zero-order valence-electron chi connectivity index (χ0n) is 56.3. The highest BCUT2D eigenvalue weighted by atomic mass is 16.7. The lowest BCUT2D eigenvalue weighted by atomic mass is 10.0. The van der Waals surface area contributed by atoms with E-state index in [2.05, 4.69) is 98.9 Å². The van der Waals surface area contributed by atoms with Crippen molar-refractivity contribution in [3.8, 4) is 0 Å². The van der Waals surface area contributed by atoms with E-state index in [0.717, 1.165) is 83.5 Å². The van der Waals surface area contributed by atoms with Crippen molar-refractivity contribution in [2.24, 2.45) is 0 Å². The largest absolute Gasteiger partial charge is 0.477 e. The molecule has 0 fully saturated rings. The SMILES string of the molecule is CC/C=C\C/C=C\C/C=C\C/C=C\C/C=C\C/C=C\C/C=C\CCCCCCCCCCCCCCCCCC(=O)OC(COC(=O)CCCCCCCCCCCCCCCCCCCCCCCCC)COC(OCC[N+](C)(C)C)C(=O)O. The molecular formula is C76H136NO8+. The Bertz CT molecular complexity index is 1670. The van der Waals surface area contributed by atoms with Crippen molar-refractivity contribution in [2.75, 3.05) is 47.5 Å². The van der Waals surface area contributed by atoms with E-state index in [1.54, 1.807) is 0 Å². The van der Waals surface area contributed by atoms with Gasteiger partial charge in [0.15, 0.2) is 6.10 Å². The van der Waals surface area contributed by atoms with Crippen LogP contribution in [0.15, 0.2) is 85.1 Å². The minimum Gasteiger partial charge on any atom is -0.477 e. The standard InChI is InChI=1S/C76H135NO8/c1-6-8-10-12-14-16-18-20-22-24-26-28-30-31-32-33-34-35-36-37-38-39-40-41-42-43-45-47-49-51-53-55-57-59-61-63-65-67-74(79)85-72(71-84-76(75(80)81)82-69-68-77(3,4)5)70-83-73(78)66-64-62-60-58-56-54-52-50-48-46-44-29-27-25-23-21-19-17-15-13-11-9-7-2/h8,10,14,16,20,22,26,28,31-32,34-35,37-38,72,76H,6-7,9,11-13,15,17-19,21,23-25,27,29-30,33,36,39-71H2,1-5H3/p+1/b10-8-,16-14-,22-20-,28-26-,32-31-,35-34-,38-37-.